The van der Waals surface area contributed by atoms with Gasteiger partial charge in [0.2, 0.25) is 5.78 Å². The van der Waals surface area contributed by atoms with E-state index in [2.05, 4.69) is 20.9 Å². The quantitative estimate of drug-likeness (QED) is 0.442. The van der Waals surface area contributed by atoms with E-state index in [1.807, 2.05) is 19.1 Å². The summed E-state index contributed by atoms with van der Waals surface area (Å²) >= 11 is 3.30. The van der Waals surface area contributed by atoms with Crippen LogP contribution in [0.15, 0.2) is 29.3 Å². The normalized spacial score (nSPS) is 20.5. The number of likely N-dealkylation sites (N-methyl/N-ethyl adjacent to an activating group) is 2. The number of amidine groups is 2. The van der Waals surface area contributed by atoms with E-state index in [9.17, 15) is 14.4 Å². The van der Waals surface area contributed by atoms with Gasteiger partial charge in [0, 0.05) is 19.7 Å². The first kappa shape index (κ1) is 16.5. The zero-order valence-electron chi connectivity index (χ0n) is 13.5. The van der Waals surface area contributed by atoms with E-state index in [0.717, 1.165) is 10.5 Å². The molecule has 8 heteroatoms. The monoisotopic (exact) mass is 391 g/mol. The van der Waals surface area contributed by atoms with Crippen molar-refractivity contribution < 1.29 is 19.0 Å². The third-order valence-corrected chi connectivity index (χ3v) is 4.80. The highest BCUT2D eigenvalue weighted by atomic mass is 79.9. The molecule has 2 heterocycles. The molecule has 7 nitrogen and oxygen atoms in total. The van der Waals surface area contributed by atoms with Gasteiger partial charge in [0.25, 0.3) is 17.8 Å². The van der Waals surface area contributed by atoms with Gasteiger partial charge in [-0.3, -0.25) is 19.4 Å². The van der Waals surface area contributed by atoms with Crippen LogP contribution in [0.25, 0.3) is 0 Å². The van der Waals surface area contributed by atoms with Crippen LogP contribution in [0.2, 0.25) is 0 Å². The maximum Gasteiger partial charge on any atom is 0.365 e. The van der Waals surface area contributed by atoms with Crippen molar-refractivity contribution in [2.45, 2.75) is 13.0 Å². The topological polar surface area (TPSA) is 73.1 Å². The minimum atomic E-state index is -0.776. The van der Waals surface area contributed by atoms with Gasteiger partial charge in [0.1, 0.15) is 0 Å². The molecule has 24 heavy (non-hydrogen) atoms. The van der Waals surface area contributed by atoms with Gasteiger partial charge in [-0.05, 0) is 11.9 Å². The van der Waals surface area contributed by atoms with Gasteiger partial charge in [-0.2, -0.15) is 0 Å². The molecule has 0 spiro atoms. The Bertz CT molecular complexity index is 813. The molecule has 1 atom stereocenters. The van der Waals surface area contributed by atoms with Gasteiger partial charge in [-0.25, -0.2) is 9.37 Å². The van der Waals surface area contributed by atoms with E-state index in [-0.39, 0.29) is 12.3 Å². The largest absolute Gasteiger partial charge is 0.365 e. The van der Waals surface area contributed by atoms with E-state index < -0.39 is 18.0 Å². The molecule has 3 rings (SSSR count). The Morgan fingerprint density at radius 1 is 1.21 bits per heavy atom. The van der Waals surface area contributed by atoms with Crippen molar-refractivity contribution in [2.24, 2.45) is 4.99 Å². The first-order valence-corrected chi connectivity index (χ1v) is 8.13. The van der Waals surface area contributed by atoms with Crippen molar-refractivity contribution in [3.8, 4) is 0 Å². The Labute approximate surface area is 147 Å². The number of Topliss-reactive ketones (excluding diaryl/α,β-unsaturated/α-hetero) is 1. The zero-order chi connectivity index (χ0) is 17.6. The summed E-state index contributed by atoms with van der Waals surface area (Å²) in [6, 6.07) is 6.03. The number of aryl methyl sites for hydroxylation is 1. The van der Waals surface area contributed by atoms with Crippen molar-refractivity contribution in [3.63, 3.8) is 0 Å². The lowest BCUT2D eigenvalue weighted by Gasteiger charge is -2.30. The van der Waals surface area contributed by atoms with E-state index >= 15 is 0 Å². The lowest BCUT2D eigenvalue weighted by atomic mass is 10.1. The maximum atomic E-state index is 12.5. The number of nitrogens with zero attached hydrogens (tertiary/aromatic N) is 4. The van der Waals surface area contributed by atoms with Gasteiger partial charge < -0.3 is 0 Å². The molecule has 1 fully saturated rings. The molecule has 2 aliphatic rings. The van der Waals surface area contributed by atoms with Crippen LogP contribution in [-0.4, -0.2) is 69.4 Å². The van der Waals surface area contributed by atoms with E-state index in [1.54, 1.807) is 23.8 Å². The van der Waals surface area contributed by atoms with Crippen LogP contribution in [0.4, 0.5) is 4.79 Å². The minimum Gasteiger partial charge on any atom is -0.290 e. The summed E-state index contributed by atoms with van der Waals surface area (Å²) in [5.41, 5.74) is 1.63. The zero-order valence-corrected chi connectivity index (χ0v) is 15.1. The summed E-state index contributed by atoms with van der Waals surface area (Å²) in [7, 11) is 2.98. The number of fused-ring (bicyclic) bond motifs is 1. The van der Waals surface area contributed by atoms with E-state index in [1.165, 1.54) is 11.9 Å². The lowest BCUT2D eigenvalue weighted by Crippen LogP contribution is -2.61. The second-order valence-corrected chi connectivity index (χ2v) is 6.51. The molecule has 0 saturated carbocycles. The van der Waals surface area contributed by atoms with Crippen LogP contribution in [0.3, 0.4) is 0 Å². The first-order chi connectivity index (χ1) is 11.3. The Hall–Kier alpha value is -2.35. The average Bonchev–Trinajstić information content (AvgIpc) is 2.88. The van der Waals surface area contributed by atoms with Crippen molar-refractivity contribution in [2.75, 3.05) is 20.6 Å². The molecule has 3 amide bonds. The Morgan fingerprint density at radius 2 is 1.83 bits per heavy atom. The predicted molar refractivity (Wildman–Crippen MR) is 91.7 cm³/mol. The second-order valence-electron chi connectivity index (χ2n) is 5.80. The molecule has 0 radical (unpaired) electrons. The number of halogens is 1. The number of carbonyl (C=O) groups excluding carboxylic acids is 3. The summed E-state index contributed by atoms with van der Waals surface area (Å²) in [5, 5.41) is 0. The maximum absolute atomic E-state index is 12.5. The highest BCUT2D eigenvalue weighted by Crippen LogP contribution is 2.21. The lowest BCUT2D eigenvalue weighted by molar-refractivity contribution is -0.519. The molecule has 0 aliphatic carbocycles. The van der Waals surface area contributed by atoms with Crippen molar-refractivity contribution in [1.29, 1.82) is 0 Å². The second kappa shape index (κ2) is 5.94. The smallest absolute Gasteiger partial charge is 0.290 e. The van der Waals surface area contributed by atoms with Crippen molar-refractivity contribution >= 4 is 44.2 Å². The molecule has 1 aromatic carbocycles. The number of benzene rings is 1. The van der Waals surface area contributed by atoms with Crippen LogP contribution in [-0.2, 0) is 4.79 Å². The molecule has 1 aromatic rings. The van der Waals surface area contributed by atoms with Crippen LogP contribution >= 0.6 is 15.9 Å². The Balaban J connectivity index is 1.88. The van der Waals surface area contributed by atoms with Gasteiger partial charge in [-0.1, -0.05) is 29.8 Å². The molecule has 1 saturated heterocycles. The summed E-state index contributed by atoms with van der Waals surface area (Å²) in [5.74, 6) is -0.201. The van der Waals surface area contributed by atoms with Gasteiger partial charge in [-0.15, -0.1) is 0 Å². The number of urea groups is 1. The molecule has 1 unspecified atom stereocenters. The fourth-order valence-corrected chi connectivity index (χ4v) is 3.22. The number of carbonyl (C=O) groups is 3. The number of amides is 3. The summed E-state index contributed by atoms with van der Waals surface area (Å²) < 4.78 is 1.94. The van der Waals surface area contributed by atoms with Crippen molar-refractivity contribution in [3.05, 3.63) is 35.4 Å². The highest BCUT2D eigenvalue weighted by Gasteiger charge is 2.53. The molecular weight excluding hydrogens is 376 g/mol. The SMILES string of the molecule is Cc1ccc(C(=O)C[N+]2=C(Br)N=C3C2C(=O)N(C)C(=O)N3C)cc1. The molecule has 0 aromatic heterocycles. The summed E-state index contributed by atoms with van der Waals surface area (Å²) in [6.07, 6.45) is 0. The van der Waals surface area contributed by atoms with E-state index in [4.69, 9.17) is 0 Å². The van der Waals surface area contributed by atoms with E-state index in [0.29, 0.717) is 16.1 Å². The molecule has 0 N–H and O–H groups in total. The fraction of sp³-hybridized carbons (Fsp3) is 0.312. The van der Waals surface area contributed by atoms with Crippen LogP contribution in [0, 0.1) is 6.92 Å². The average molecular weight is 392 g/mol. The number of rotatable bonds is 3. The van der Waals surface area contributed by atoms with Crippen LogP contribution < -0.4 is 0 Å². The minimum absolute atomic E-state index is 0.0110. The van der Waals surface area contributed by atoms with Gasteiger partial charge >= 0.3 is 10.8 Å². The summed E-state index contributed by atoms with van der Waals surface area (Å²) in [6.45, 7) is 1.94. The third-order valence-electron chi connectivity index (χ3n) is 4.17. The van der Waals surface area contributed by atoms with Crippen LogP contribution in [0.1, 0.15) is 15.9 Å². The van der Waals surface area contributed by atoms with Gasteiger partial charge in [0.15, 0.2) is 6.54 Å². The Morgan fingerprint density at radius 3 is 2.46 bits per heavy atom. The molecule has 124 valence electrons. The number of hydrogen-bond donors (Lipinski definition) is 0. The number of imide groups is 1. The standard InChI is InChI=1S/C16H16BrN4O3/c1-9-4-6-10(7-5-9)11(22)8-21-12-13(18-15(21)17)19(2)16(24)20(3)14(12)23/h4-7,12H,8H2,1-3H3/q+1. The van der Waals surface area contributed by atoms with Crippen LogP contribution in [0.5, 0.6) is 0 Å². The number of aliphatic imine (C=N–C) groups is 1. The molecule has 2 aliphatic heterocycles. The first-order valence-electron chi connectivity index (χ1n) is 7.34. The summed E-state index contributed by atoms with van der Waals surface area (Å²) in [4.78, 5) is 43.6. The molecular formula is C16H16BrN4O3+. The number of ketones is 1. The molecule has 0 bridgehead atoms. The highest BCUT2D eigenvalue weighted by molar-refractivity contribution is 9.18. The third kappa shape index (κ3) is 2.56. The Kier molecular flexibility index (Phi) is 4.08. The predicted octanol–water partition coefficient (Wildman–Crippen LogP) is 1.25. The van der Waals surface area contributed by atoms with Crippen molar-refractivity contribution in [1.82, 2.24) is 9.80 Å². The van der Waals surface area contributed by atoms with Gasteiger partial charge in [0.05, 0.1) is 15.9 Å². The fourth-order valence-electron chi connectivity index (χ4n) is 2.71. The number of hydrogen-bond acceptors (Lipinski definition) is 4.